The Balaban J connectivity index is 1.80. The maximum absolute atomic E-state index is 4.55. The van der Waals surface area contributed by atoms with Crippen molar-refractivity contribution in [2.24, 2.45) is 0 Å². The highest BCUT2D eigenvalue weighted by atomic mass is 15.4. The molecule has 5 nitrogen and oxygen atoms in total. The molecule has 1 aliphatic heterocycles. The van der Waals surface area contributed by atoms with Gasteiger partial charge in [-0.15, -0.1) is 5.10 Å². The lowest BCUT2D eigenvalue weighted by Crippen LogP contribution is -2.35. The van der Waals surface area contributed by atoms with Crippen LogP contribution in [0.2, 0.25) is 0 Å². The minimum absolute atomic E-state index is 0.573. The minimum Gasteiger partial charge on any atom is -0.341 e. The molecular weight excluding hydrogens is 226 g/mol. The number of likely N-dealkylation sites (N-methyl/N-ethyl adjacent to an activating group) is 1. The molecule has 0 aliphatic carbocycles. The summed E-state index contributed by atoms with van der Waals surface area (Å²) in [7, 11) is 2.06. The van der Waals surface area contributed by atoms with E-state index in [0.717, 1.165) is 24.7 Å². The molecule has 0 amide bonds. The summed E-state index contributed by atoms with van der Waals surface area (Å²) >= 11 is 0. The number of nitrogens with one attached hydrogen (secondary N) is 1. The highest BCUT2D eigenvalue weighted by molar-refractivity contribution is 5.45. The lowest BCUT2D eigenvalue weighted by Gasteiger charge is -2.19. The van der Waals surface area contributed by atoms with E-state index < -0.39 is 0 Å². The van der Waals surface area contributed by atoms with Gasteiger partial charge >= 0.3 is 0 Å². The average molecular weight is 245 g/mol. The van der Waals surface area contributed by atoms with Crippen LogP contribution in [0.5, 0.6) is 0 Å². The number of aromatic nitrogens is 3. The molecule has 0 spiro atoms. The molecule has 1 unspecified atom stereocenters. The highest BCUT2D eigenvalue weighted by Crippen LogP contribution is 2.13. The molecule has 1 N–H and O–H groups in total. The third kappa shape index (κ3) is 2.18. The molecule has 1 saturated heterocycles. The van der Waals surface area contributed by atoms with Crippen molar-refractivity contribution in [1.29, 1.82) is 0 Å². The van der Waals surface area contributed by atoms with Crippen LogP contribution in [0.1, 0.15) is 18.4 Å². The number of aryl methyl sites for hydroxylation is 1. The maximum Gasteiger partial charge on any atom is 0.245 e. The van der Waals surface area contributed by atoms with Gasteiger partial charge < -0.3 is 10.2 Å². The van der Waals surface area contributed by atoms with E-state index in [4.69, 9.17) is 0 Å². The van der Waals surface area contributed by atoms with E-state index in [2.05, 4.69) is 40.3 Å². The van der Waals surface area contributed by atoms with Crippen LogP contribution in [0.25, 0.3) is 5.65 Å². The summed E-state index contributed by atoms with van der Waals surface area (Å²) in [5.41, 5.74) is 2.10. The average Bonchev–Trinajstić information content (AvgIpc) is 2.96. The van der Waals surface area contributed by atoms with E-state index >= 15 is 0 Å². The highest BCUT2D eigenvalue weighted by Gasteiger charge is 2.18. The summed E-state index contributed by atoms with van der Waals surface area (Å²) in [4.78, 5) is 6.68. The first-order valence-electron chi connectivity index (χ1n) is 6.50. The van der Waals surface area contributed by atoms with Crippen LogP contribution < -0.4 is 10.2 Å². The zero-order valence-electron chi connectivity index (χ0n) is 10.9. The van der Waals surface area contributed by atoms with Gasteiger partial charge in [-0.3, -0.25) is 0 Å². The first-order chi connectivity index (χ1) is 8.72. The van der Waals surface area contributed by atoms with Crippen molar-refractivity contribution in [2.75, 3.05) is 25.0 Å². The van der Waals surface area contributed by atoms with Gasteiger partial charge in [-0.05, 0) is 37.9 Å². The Morgan fingerprint density at radius 1 is 1.50 bits per heavy atom. The van der Waals surface area contributed by atoms with E-state index in [-0.39, 0.29) is 0 Å². The summed E-state index contributed by atoms with van der Waals surface area (Å²) < 4.78 is 1.85. The van der Waals surface area contributed by atoms with Crippen LogP contribution in [-0.4, -0.2) is 40.8 Å². The van der Waals surface area contributed by atoms with Gasteiger partial charge in [0.2, 0.25) is 5.95 Å². The van der Waals surface area contributed by atoms with Gasteiger partial charge in [0.05, 0.1) is 0 Å². The number of nitrogens with zero attached hydrogens (tertiary/aromatic N) is 4. The van der Waals surface area contributed by atoms with E-state index in [0.29, 0.717) is 6.04 Å². The number of hydrogen-bond acceptors (Lipinski definition) is 4. The van der Waals surface area contributed by atoms with E-state index in [1.54, 1.807) is 0 Å². The second-order valence-corrected chi connectivity index (χ2v) is 5.09. The zero-order chi connectivity index (χ0) is 12.5. The number of fused-ring (bicyclic) bond motifs is 1. The largest absolute Gasteiger partial charge is 0.341 e. The monoisotopic (exact) mass is 245 g/mol. The fourth-order valence-corrected chi connectivity index (χ4v) is 2.46. The summed E-state index contributed by atoms with van der Waals surface area (Å²) in [5.74, 6) is 0.800. The Morgan fingerprint density at radius 2 is 2.39 bits per heavy atom. The van der Waals surface area contributed by atoms with Crippen molar-refractivity contribution in [2.45, 2.75) is 25.8 Å². The van der Waals surface area contributed by atoms with Gasteiger partial charge in [-0.25, -0.2) is 4.52 Å². The summed E-state index contributed by atoms with van der Waals surface area (Å²) in [6, 6.07) is 4.64. The summed E-state index contributed by atoms with van der Waals surface area (Å²) in [5, 5.41) is 8.02. The quantitative estimate of drug-likeness (QED) is 0.883. The molecule has 0 aromatic carbocycles. The Morgan fingerprint density at radius 3 is 3.17 bits per heavy atom. The Bertz CT molecular complexity index is 541. The molecule has 3 rings (SSSR count). The first kappa shape index (κ1) is 11.5. The molecular formula is C13H19N5. The van der Waals surface area contributed by atoms with Crippen molar-refractivity contribution in [3.8, 4) is 0 Å². The molecule has 0 radical (unpaired) electrons. The van der Waals surface area contributed by atoms with Crippen LogP contribution >= 0.6 is 0 Å². The predicted octanol–water partition coefficient (Wildman–Crippen LogP) is 1.23. The fourth-order valence-electron chi connectivity index (χ4n) is 2.46. The third-order valence-corrected chi connectivity index (χ3v) is 3.47. The van der Waals surface area contributed by atoms with Crippen molar-refractivity contribution in [3.05, 3.63) is 23.9 Å². The van der Waals surface area contributed by atoms with Crippen molar-refractivity contribution >= 4 is 11.6 Å². The fraction of sp³-hybridized carbons (Fsp3) is 0.538. The van der Waals surface area contributed by atoms with Crippen molar-refractivity contribution in [1.82, 2.24) is 19.9 Å². The van der Waals surface area contributed by atoms with Crippen LogP contribution in [0.3, 0.4) is 0 Å². The lowest BCUT2D eigenvalue weighted by atomic mass is 10.2. The standard InChI is InChI=1S/C13H19N5/c1-10-5-6-12-15-13(16-18(12)8-10)17(2)9-11-4-3-7-14-11/h5-6,8,11,14H,3-4,7,9H2,1-2H3. The lowest BCUT2D eigenvalue weighted by molar-refractivity contribution is 0.594. The molecule has 5 heteroatoms. The Labute approximate surface area is 107 Å². The topological polar surface area (TPSA) is 45.5 Å². The molecule has 1 fully saturated rings. The van der Waals surface area contributed by atoms with E-state index in [1.807, 2.05) is 16.8 Å². The molecule has 0 saturated carbocycles. The van der Waals surface area contributed by atoms with Gasteiger partial charge in [-0.2, -0.15) is 4.98 Å². The van der Waals surface area contributed by atoms with E-state index in [9.17, 15) is 0 Å². The molecule has 18 heavy (non-hydrogen) atoms. The predicted molar refractivity (Wildman–Crippen MR) is 72.0 cm³/mol. The Hall–Kier alpha value is -1.62. The first-order valence-corrected chi connectivity index (χ1v) is 6.50. The molecule has 0 bridgehead atoms. The van der Waals surface area contributed by atoms with Gasteiger partial charge in [-0.1, -0.05) is 6.07 Å². The number of pyridine rings is 1. The smallest absolute Gasteiger partial charge is 0.245 e. The van der Waals surface area contributed by atoms with Crippen LogP contribution in [-0.2, 0) is 0 Å². The number of hydrogen-bond donors (Lipinski definition) is 1. The normalized spacial score (nSPS) is 19.6. The van der Waals surface area contributed by atoms with Gasteiger partial charge in [0.25, 0.3) is 0 Å². The van der Waals surface area contributed by atoms with Gasteiger partial charge in [0.1, 0.15) is 0 Å². The number of anilines is 1. The molecule has 1 atom stereocenters. The summed E-state index contributed by atoms with van der Waals surface area (Å²) in [6.45, 7) is 4.17. The molecule has 2 aromatic rings. The third-order valence-electron chi connectivity index (χ3n) is 3.47. The van der Waals surface area contributed by atoms with Gasteiger partial charge in [0, 0.05) is 25.8 Å². The van der Waals surface area contributed by atoms with Gasteiger partial charge in [0.15, 0.2) is 5.65 Å². The van der Waals surface area contributed by atoms with Crippen LogP contribution in [0, 0.1) is 6.92 Å². The molecule has 96 valence electrons. The molecule has 2 aromatic heterocycles. The zero-order valence-corrected chi connectivity index (χ0v) is 10.9. The SMILES string of the molecule is Cc1ccc2nc(N(C)CC3CCCN3)nn2c1. The van der Waals surface area contributed by atoms with Crippen molar-refractivity contribution < 1.29 is 0 Å². The molecule has 3 heterocycles. The maximum atomic E-state index is 4.55. The Kier molecular flexibility index (Phi) is 2.91. The van der Waals surface area contributed by atoms with E-state index in [1.165, 1.54) is 18.4 Å². The van der Waals surface area contributed by atoms with Crippen molar-refractivity contribution in [3.63, 3.8) is 0 Å². The molecule has 1 aliphatic rings. The number of rotatable bonds is 3. The minimum atomic E-state index is 0.573. The second-order valence-electron chi connectivity index (χ2n) is 5.09. The van der Waals surface area contributed by atoms with Crippen LogP contribution in [0.15, 0.2) is 18.3 Å². The summed E-state index contributed by atoms with van der Waals surface area (Å²) in [6.07, 6.45) is 4.53. The second kappa shape index (κ2) is 4.57. The van der Waals surface area contributed by atoms with Crippen LogP contribution in [0.4, 0.5) is 5.95 Å².